The van der Waals surface area contributed by atoms with Crippen LogP contribution in [-0.2, 0) is 10.0 Å². The van der Waals surface area contributed by atoms with E-state index in [1.165, 1.54) is 6.26 Å². The predicted octanol–water partition coefficient (Wildman–Crippen LogP) is 0.437. The molecule has 1 aromatic carbocycles. The average molecular weight is 311 g/mol. The molecule has 1 unspecified atom stereocenters. The minimum atomic E-state index is -3.06. The van der Waals surface area contributed by atoms with Crippen molar-refractivity contribution < 1.29 is 13.2 Å². The molecular formula is C14H21N3O3S. The van der Waals surface area contributed by atoms with Crippen molar-refractivity contribution in [1.29, 1.82) is 0 Å². The first-order chi connectivity index (χ1) is 10.0. The molecule has 7 heteroatoms. The van der Waals surface area contributed by atoms with Crippen molar-refractivity contribution in [2.45, 2.75) is 6.10 Å². The van der Waals surface area contributed by atoms with Gasteiger partial charge in [-0.25, -0.2) is 8.42 Å². The van der Waals surface area contributed by atoms with E-state index in [1.807, 2.05) is 24.3 Å². The van der Waals surface area contributed by atoms with Gasteiger partial charge in [0.05, 0.1) is 18.5 Å². The van der Waals surface area contributed by atoms with Crippen LogP contribution in [0.25, 0.3) is 0 Å². The van der Waals surface area contributed by atoms with Crippen LogP contribution in [0.4, 0.5) is 5.69 Å². The summed E-state index contributed by atoms with van der Waals surface area (Å²) in [6, 6.07) is 7.93. The molecule has 1 aromatic rings. The molecule has 1 fully saturated rings. The van der Waals surface area contributed by atoms with Crippen LogP contribution in [-0.4, -0.2) is 69.3 Å². The highest BCUT2D eigenvalue weighted by Gasteiger charge is 2.26. The summed E-state index contributed by atoms with van der Waals surface area (Å²) in [4.78, 5) is 2.27. The minimum absolute atomic E-state index is 0.102. The van der Waals surface area contributed by atoms with Crippen LogP contribution >= 0.6 is 0 Å². The van der Waals surface area contributed by atoms with Crippen LogP contribution in [0.1, 0.15) is 0 Å². The lowest BCUT2D eigenvalue weighted by Gasteiger charge is -2.36. The van der Waals surface area contributed by atoms with Crippen LogP contribution in [0.5, 0.6) is 5.75 Å². The van der Waals surface area contributed by atoms with Crippen molar-refractivity contribution >= 4 is 15.7 Å². The highest BCUT2D eigenvalue weighted by atomic mass is 32.2. The van der Waals surface area contributed by atoms with Crippen LogP contribution in [0, 0.1) is 0 Å². The molecular weight excluding hydrogens is 290 g/mol. The zero-order chi connectivity index (χ0) is 14.9. The zero-order valence-electron chi connectivity index (χ0n) is 12.2. The summed E-state index contributed by atoms with van der Waals surface area (Å²) in [6.07, 6.45) is 1.37. The molecule has 0 bridgehead atoms. The number of rotatable bonds is 3. The summed E-state index contributed by atoms with van der Waals surface area (Å²) in [5.41, 5.74) is 1.04. The van der Waals surface area contributed by atoms with Gasteiger partial charge < -0.3 is 10.1 Å². The molecule has 0 saturated carbocycles. The number of fused-ring (bicyclic) bond motifs is 1. The summed E-state index contributed by atoms with van der Waals surface area (Å²) in [5.74, 6) is 0.892. The second-order valence-corrected chi connectivity index (χ2v) is 7.56. The van der Waals surface area contributed by atoms with Crippen molar-refractivity contribution in [3.8, 4) is 5.75 Å². The Morgan fingerprint density at radius 3 is 2.67 bits per heavy atom. The Bertz CT molecular complexity index is 597. The van der Waals surface area contributed by atoms with Gasteiger partial charge in [0, 0.05) is 32.7 Å². The lowest BCUT2D eigenvalue weighted by atomic mass is 10.2. The number of nitrogens with one attached hydrogen (secondary N) is 1. The van der Waals surface area contributed by atoms with E-state index in [4.69, 9.17) is 4.74 Å². The number of para-hydroxylation sites is 2. The highest BCUT2D eigenvalue weighted by Crippen LogP contribution is 2.28. The predicted molar refractivity (Wildman–Crippen MR) is 82.2 cm³/mol. The molecule has 2 heterocycles. The van der Waals surface area contributed by atoms with Gasteiger partial charge in [-0.2, -0.15) is 4.31 Å². The Morgan fingerprint density at radius 1 is 1.24 bits per heavy atom. The Morgan fingerprint density at radius 2 is 1.95 bits per heavy atom. The Kier molecular flexibility index (Phi) is 4.05. The molecule has 21 heavy (non-hydrogen) atoms. The molecule has 0 aromatic heterocycles. The first kappa shape index (κ1) is 14.6. The van der Waals surface area contributed by atoms with E-state index in [-0.39, 0.29) is 6.10 Å². The molecule has 1 saturated heterocycles. The summed E-state index contributed by atoms with van der Waals surface area (Å²) in [7, 11) is -3.06. The third kappa shape index (κ3) is 3.48. The van der Waals surface area contributed by atoms with Crippen LogP contribution in [0.2, 0.25) is 0 Å². The van der Waals surface area contributed by atoms with Crippen molar-refractivity contribution in [3.63, 3.8) is 0 Å². The second-order valence-electron chi connectivity index (χ2n) is 5.58. The molecule has 3 rings (SSSR count). The molecule has 0 radical (unpaired) electrons. The Balaban J connectivity index is 1.53. The monoisotopic (exact) mass is 311 g/mol. The van der Waals surface area contributed by atoms with Crippen LogP contribution in [0.15, 0.2) is 24.3 Å². The number of anilines is 1. The summed E-state index contributed by atoms with van der Waals surface area (Å²) in [5, 5.41) is 3.38. The highest BCUT2D eigenvalue weighted by molar-refractivity contribution is 7.88. The molecule has 1 atom stereocenters. The number of hydrogen-bond acceptors (Lipinski definition) is 5. The van der Waals surface area contributed by atoms with Gasteiger partial charge >= 0.3 is 0 Å². The Hall–Kier alpha value is -1.31. The van der Waals surface area contributed by atoms with E-state index in [0.29, 0.717) is 13.1 Å². The maximum atomic E-state index is 11.5. The molecule has 0 aliphatic carbocycles. The number of sulfonamides is 1. The van der Waals surface area contributed by atoms with E-state index in [9.17, 15) is 8.42 Å². The minimum Gasteiger partial charge on any atom is -0.485 e. The van der Waals surface area contributed by atoms with Gasteiger partial charge in [0.2, 0.25) is 10.0 Å². The fourth-order valence-electron chi connectivity index (χ4n) is 2.79. The van der Waals surface area contributed by atoms with E-state index in [0.717, 1.165) is 37.6 Å². The van der Waals surface area contributed by atoms with Crippen molar-refractivity contribution in [2.75, 3.05) is 50.8 Å². The molecule has 116 valence electrons. The Labute approximate surface area is 125 Å². The smallest absolute Gasteiger partial charge is 0.211 e. The largest absolute Gasteiger partial charge is 0.485 e. The molecule has 1 N–H and O–H groups in total. The summed E-state index contributed by atoms with van der Waals surface area (Å²) < 4.78 is 30.5. The molecule has 2 aliphatic heterocycles. The van der Waals surface area contributed by atoms with Gasteiger partial charge in [0.15, 0.2) is 0 Å². The van der Waals surface area contributed by atoms with Gasteiger partial charge in [0.25, 0.3) is 0 Å². The topological polar surface area (TPSA) is 61.9 Å². The fraction of sp³-hybridized carbons (Fsp3) is 0.571. The summed E-state index contributed by atoms with van der Waals surface area (Å²) >= 11 is 0. The van der Waals surface area contributed by atoms with E-state index in [1.54, 1.807) is 4.31 Å². The van der Waals surface area contributed by atoms with Gasteiger partial charge in [-0.15, -0.1) is 0 Å². The second kappa shape index (κ2) is 5.82. The maximum absolute atomic E-state index is 11.5. The van der Waals surface area contributed by atoms with Crippen molar-refractivity contribution in [3.05, 3.63) is 24.3 Å². The lowest BCUT2D eigenvalue weighted by molar-refractivity contribution is 0.110. The van der Waals surface area contributed by atoms with Gasteiger partial charge in [-0.05, 0) is 12.1 Å². The molecule has 0 amide bonds. The first-order valence-electron chi connectivity index (χ1n) is 7.19. The van der Waals surface area contributed by atoms with Gasteiger partial charge in [0.1, 0.15) is 11.9 Å². The number of nitrogens with zero attached hydrogens (tertiary/aromatic N) is 2. The standard InChI is InChI=1S/C14H21N3O3S/c1-21(18,19)17-8-6-16(7-9-17)11-12-10-15-13-4-2-3-5-14(13)20-12/h2-5,12,15H,6-11H2,1H3. The maximum Gasteiger partial charge on any atom is 0.211 e. The van der Waals surface area contributed by atoms with Crippen LogP contribution in [0.3, 0.4) is 0 Å². The van der Waals surface area contributed by atoms with Crippen molar-refractivity contribution in [2.24, 2.45) is 0 Å². The number of ether oxygens (including phenoxy) is 1. The van der Waals surface area contributed by atoms with E-state index >= 15 is 0 Å². The third-order valence-electron chi connectivity index (χ3n) is 3.96. The molecule has 2 aliphatic rings. The molecule has 6 nitrogen and oxygen atoms in total. The van der Waals surface area contributed by atoms with Crippen LogP contribution < -0.4 is 10.1 Å². The lowest BCUT2D eigenvalue weighted by Crippen LogP contribution is -2.51. The average Bonchev–Trinajstić information content (AvgIpc) is 2.47. The zero-order valence-corrected chi connectivity index (χ0v) is 13.0. The third-order valence-corrected chi connectivity index (χ3v) is 5.27. The van der Waals surface area contributed by atoms with Gasteiger partial charge in [-0.1, -0.05) is 12.1 Å². The van der Waals surface area contributed by atoms with Gasteiger partial charge in [-0.3, -0.25) is 4.90 Å². The first-order valence-corrected chi connectivity index (χ1v) is 9.04. The van der Waals surface area contributed by atoms with Crippen molar-refractivity contribution in [1.82, 2.24) is 9.21 Å². The van der Waals surface area contributed by atoms with E-state index in [2.05, 4.69) is 10.2 Å². The molecule has 0 spiro atoms. The fourth-order valence-corrected chi connectivity index (χ4v) is 3.62. The summed E-state index contributed by atoms with van der Waals surface area (Å²) in [6.45, 7) is 4.25. The number of piperazine rings is 1. The van der Waals surface area contributed by atoms with E-state index < -0.39 is 10.0 Å². The SMILES string of the molecule is CS(=O)(=O)N1CCN(CC2CNc3ccccc3O2)CC1. The number of benzene rings is 1. The normalized spacial score (nSPS) is 24.0. The number of hydrogen-bond donors (Lipinski definition) is 1. The quantitative estimate of drug-likeness (QED) is 0.877.